The van der Waals surface area contributed by atoms with Crippen LogP contribution in [0.4, 0.5) is 4.79 Å². The van der Waals surface area contributed by atoms with Crippen molar-refractivity contribution in [2.24, 2.45) is 0 Å². The molecule has 0 bridgehead atoms. The van der Waals surface area contributed by atoms with Crippen molar-refractivity contribution in [2.75, 3.05) is 26.7 Å². The Kier molecular flexibility index (Phi) is 11.5. The van der Waals surface area contributed by atoms with E-state index in [1.165, 1.54) is 19.3 Å². The number of unbranched alkanes of at least 4 members (excludes halogenated alkanes) is 3. The summed E-state index contributed by atoms with van der Waals surface area (Å²) in [6.07, 6.45) is 10.8. The minimum atomic E-state index is -0.322. The number of benzene rings is 1. The average Bonchev–Trinajstić information content (AvgIpc) is 2.74. The summed E-state index contributed by atoms with van der Waals surface area (Å²) in [5.41, 5.74) is 1.00. The molecule has 0 radical (unpaired) electrons. The molecule has 0 aromatic heterocycles. The van der Waals surface area contributed by atoms with Crippen LogP contribution >= 0.6 is 0 Å². The number of rotatable bonds is 13. The lowest BCUT2D eigenvalue weighted by Crippen LogP contribution is -2.39. The third-order valence-corrected chi connectivity index (χ3v) is 5.44. The van der Waals surface area contributed by atoms with Gasteiger partial charge in [0.15, 0.2) is 0 Å². The molecule has 0 spiro atoms. The lowest BCUT2D eigenvalue weighted by Gasteiger charge is -2.29. The van der Waals surface area contributed by atoms with Crippen molar-refractivity contribution in [3.05, 3.63) is 48.6 Å². The number of likely N-dealkylation sites (N-methyl/N-ethyl adjacent to an activating group) is 1. The van der Waals surface area contributed by atoms with Crippen LogP contribution in [-0.4, -0.2) is 49.9 Å². The van der Waals surface area contributed by atoms with Gasteiger partial charge in [-0.3, -0.25) is 0 Å². The zero-order chi connectivity index (χ0) is 20.7. The van der Waals surface area contributed by atoms with Crippen molar-refractivity contribution < 1.29 is 14.3 Å². The summed E-state index contributed by atoms with van der Waals surface area (Å²) in [6.45, 7) is 7.03. The number of hydrogen-bond donors (Lipinski definition) is 1. The van der Waals surface area contributed by atoms with Gasteiger partial charge in [0.25, 0.3) is 0 Å². The zero-order valence-corrected chi connectivity index (χ0v) is 18.0. The summed E-state index contributed by atoms with van der Waals surface area (Å²) in [5.74, 6) is 0. The molecular formula is C24H38N2O3. The van der Waals surface area contributed by atoms with Crippen LogP contribution in [0.15, 0.2) is 43.0 Å². The van der Waals surface area contributed by atoms with Crippen LogP contribution < -0.4 is 5.32 Å². The van der Waals surface area contributed by atoms with Crippen molar-refractivity contribution in [3.8, 4) is 0 Å². The Morgan fingerprint density at radius 1 is 1.14 bits per heavy atom. The normalized spacial score (nSPS) is 19.1. The molecule has 1 aromatic carbocycles. The third-order valence-electron chi connectivity index (χ3n) is 5.44. The second kappa shape index (κ2) is 14.2. The molecule has 1 aliphatic carbocycles. The van der Waals surface area contributed by atoms with Crippen molar-refractivity contribution in [2.45, 2.75) is 70.1 Å². The molecule has 1 aliphatic rings. The van der Waals surface area contributed by atoms with Gasteiger partial charge in [-0.25, -0.2) is 4.79 Å². The maximum Gasteiger partial charge on any atom is 0.407 e. The number of alkyl carbamates (subject to hydrolysis) is 1. The van der Waals surface area contributed by atoms with Gasteiger partial charge < -0.3 is 19.7 Å². The number of nitrogens with zero attached hydrogens (tertiary/aromatic N) is 1. The second-order valence-corrected chi connectivity index (χ2v) is 8.02. The Morgan fingerprint density at radius 2 is 1.86 bits per heavy atom. The Bertz CT molecular complexity index is 571. The predicted molar refractivity (Wildman–Crippen MR) is 118 cm³/mol. The molecule has 162 valence electrons. The van der Waals surface area contributed by atoms with Crippen LogP contribution in [0, 0.1) is 0 Å². The highest BCUT2D eigenvalue weighted by molar-refractivity contribution is 5.67. The molecule has 1 amide bonds. The fraction of sp³-hybridized carbons (Fsp3) is 0.625. The van der Waals surface area contributed by atoms with Crippen molar-refractivity contribution >= 4 is 6.09 Å². The van der Waals surface area contributed by atoms with Crippen molar-refractivity contribution in [3.63, 3.8) is 0 Å². The van der Waals surface area contributed by atoms with E-state index in [1.807, 2.05) is 36.4 Å². The summed E-state index contributed by atoms with van der Waals surface area (Å²) in [7, 11) is 2.14. The van der Waals surface area contributed by atoms with Gasteiger partial charge in [-0.05, 0) is 57.7 Å². The van der Waals surface area contributed by atoms with Crippen molar-refractivity contribution in [1.29, 1.82) is 0 Å². The average molecular weight is 403 g/mol. The van der Waals surface area contributed by atoms with E-state index in [9.17, 15) is 4.79 Å². The highest BCUT2D eigenvalue weighted by Crippen LogP contribution is 2.22. The van der Waals surface area contributed by atoms with Gasteiger partial charge in [0.1, 0.15) is 6.61 Å². The molecule has 5 nitrogen and oxygen atoms in total. The van der Waals surface area contributed by atoms with E-state index in [2.05, 4.69) is 23.8 Å². The predicted octanol–water partition coefficient (Wildman–Crippen LogP) is 4.92. The minimum absolute atomic E-state index is 0.200. The van der Waals surface area contributed by atoms with Crippen LogP contribution in [0.3, 0.4) is 0 Å². The molecule has 0 saturated heterocycles. The maximum atomic E-state index is 12.0. The fourth-order valence-electron chi connectivity index (χ4n) is 3.70. The molecule has 0 aliphatic heterocycles. The Hall–Kier alpha value is -1.85. The van der Waals surface area contributed by atoms with Crippen LogP contribution in [0.1, 0.15) is 56.9 Å². The minimum Gasteiger partial charge on any atom is -0.445 e. The monoisotopic (exact) mass is 402 g/mol. The lowest BCUT2D eigenvalue weighted by molar-refractivity contribution is 0.0199. The topological polar surface area (TPSA) is 50.8 Å². The van der Waals surface area contributed by atoms with E-state index < -0.39 is 0 Å². The van der Waals surface area contributed by atoms with E-state index >= 15 is 0 Å². The molecule has 1 fully saturated rings. The first-order chi connectivity index (χ1) is 14.2. The SMILES string of the molecule is C=CCN(C)CCCCCCOC1CCC(NC(=O)OCc2ccccc2)CC1. The van der Waals surface area contributed by atoms with Gasteiger partial charge in [-0.15, -0.1) is 6.58 Å². The van der Waals surface area contributed by atoms with Crippen molar-refractivity contribution in [1.82, 2.24) is 10.2 Å². The molecular weight excluding hydrogens is 364 g/mol. The number of ether oxygens (including phenoxy) is 2. The zero-order valence-electron chi connectivity index (χ0n) is 18.0. The fourth-order valence-corrected chi connectivity index (χ4v) is 3.70. The van der Waals surface area contributed by atoms with Gasteiger partial charge in [0, 0.05) is 19.2 Å². The summed E-state index contributed by atoms with van der Waals surface area (Å²) in [6, 6.07) is 9.95. The van der Waals surface area contributed by atoms with Crippen LogP contribution in [-0.2, 0) is 16.1 Å². The summed E-state index contributed by atoms with van der Waals surface area (Å²) >= 11 is 0. The van der Waals surface area contributed by atoms with E-state index in [-0.39, 0.29) is 12.1 Å². The quantitative estimate of drug-likeness (QED) is 0.376. The third kappa shape index (κ3) is 10.5. The first-order valence-corrected chi connectivity index (χ1v) is 11.1. The van der Waals surface area contributed by atoms with Crippen LogP contribution in [0.2, 0.25) is 0 Å². The summed E-state index contributed by atoms with van der Waals surface area (Å²) in [5, 5.41) is 2.99. The van der Waals surface area contributed by atoms with E-state index in [0.29, 0.717) is 12.7 Å². The Morgan fingerprint density at radius 3 is 2.59 bits per heavy atom. The first-order valence-electron chi connectivity index (χ1n) is 11.1. The molecule has 1 saturated carbocycles. The van der Waals surface area contributed by atoms with Gasteiger partial charge in [0.05, 0.1) is 6.10 Å². The van der Waals surface area contributed by atoms with Crippen LogP contribution in [0.5, 0.6) is 0 Å². The van der Waals surface area contributed by atoms with Gasteiger partial charge in [-0.1, -0.05) is 49.2 Å². The first kappa shape index (κ1) is 23.4. The van der Waals surface area contributed by atoms with Gasteiger partial charge in [0.2, 0.25) is 0 Å². The molecule has 29 heavy (non-hydrogen) atoms. The Balaban J connectivity index is 1.45. The van der Waals surface area contributed by atoms with E-state index in [0.717, 1.165) is 57.4 Å². The second-order valence-electron chi connectivity index (χ2n) is 8.02. The van der Waals surface area contributed by atoms with Crippen LogP contribution in [0.25, 0.3) is 0 Å². The maximum absolute atomic E-state index is 12.0. The van der Waals surface area contributed by atoms with E-state index in [4.69, 9.17) is 9.47 Å². The van der Waals surface area contributed by atoms with Gasteiger partial charge in [-0.2, -0.15) is 0 Å². The number of carbonyl (C=O) groups excluding carboxylic acids is 1. The number of nitrogens with one attached hydrogen (secondary N) is 1. The molecule has 0 unspecified atom stereocenters. The lowest BCUT2D eigenvalue weighted by atomic mass is 9.93. The smallest absolute Gasteiger partial charge is 0.407 e. The number of carbonyl (C=O) groups is 1. The molecule has 2 rings (SSSR count). The largest absolute Gasteiger partial charge is 0.445 e. The summed E-state index contributed by atoms with van der Waals surface area (Å²) in [4.78, 5) is 14.3. The number of hydrogen-bond acceptors (Lipinski definition) is 4. The Labute approximate surface area is 176 Å². The molecule has 0 heterocycles. The van der Waals surface area contributed by atoms with E-state index in [1.54, 1.807) is 0 Å². The number of amides is 1. The molecule has 1 N–H and O–H groups in total. The highest BCUT2D eigenvalue weighted by Gasteiger charge is 2.23. The highest BCUT2D eigenvalue weighted by atomic mass is 16.5. The molecule has 5 heteroatoms. The standard InChI is InChI=1S/C24H38N2O3/c1-3-17-26(2)18-9-4-5-10-19-28-23-15-13-22(14-16-23)25-24(27)29-20-21-11-7-6-8-12-21/h3,6-8,11-12,22-23H,1,4-5,9-10,13-20H2,2H3,(H,25,27). The summed E-state index contributed by atoms with van der Waals surface area (Å²) < 4.78 is 11.3. The van der Waals surface area contributed by atoms with Gasteiger partial charge >= 0.3 is 6.09 Å². The molecule has 0 atom stereocenters. The molecule has 1 aromatic rings.